The molecule has 0 unspecified atom stereocenters. The summed E-state index contributed by atoms with van der Waals surface area (Å²) in [7, 11) is 0. The minimum absolute atomic E-state index is 0.173. The lowest BCUT2D eigenvalue weighted by molar-refractivity contribution is -0.121. The van der Waals surface area contributed by atoms with Gasteiger partial charge < -0.3 is 0 Å². The summed E-state index contributed by atoms with van der Waals surface area (Å²) in [6, 6.07) is 7.03. The summed E-state index contributed by atoms with van der Waals surface area (Å²) >= 11 is 3.31. The highest BCUT2D eigenvalue weighted by atomic mass is 79.9. The topological polar surface area (TPSA) is 76.0 Å². The van der Waals surface area contributed by atoms with Crippen molar-refractivity contribution in [1.82, 2.24) is 20.6 Å². The summed E-state index contributed by atoms with van der Waals surface area (Å²) < 4.78 is 2.60. The molecule has 134 valence electrons. The SMILES string of the molecule is Cc1nn(CC(C)C)c(C)c1CC(=O)NNC(=O)c1ccccc1Br. The number of halogens is 1. The summed E-state index contributed by atoms with van der Waals surface area (Å²) in [4.78, 5) is 24.3. The fraction of sp³-hybridized carbons (Fsp3) is 0.389. The molecule has 1 aromatic heterocycles. The van der Waals surface area contributed by atoms with Crippen LogP contribution in [0, 0.1) is 19.8 Å². The van der Waals surface area contributed by atoms with E-state index in [1.165, 1.54) is 0 Å². The van der Waals surface area contributed by atoms with Gasteiger partial charge in [0.15, 0.2) is 0 Å². The summed E-state index contributed by atoms with van der Waals surface area (Å²) in [5.41, 5.74) is 8.08. The maximum atomic E-state index is 12.2. The molecule has 25 heavy (non-hydrogen) atoms. The van der Waals surface area contributed by atoms with Crippen molar-refractivity contribution in [3.05, 3.63) is 51.3 Å². The first-order chi connectivity index (χ1) is 11.8. The molecule has 0 atom stereocenters. The number of nitrogens with one attached hydrogen (secondary N) is 2. The van der Waals surface area contributed by atoms with Crippen LogP contribution in [0.1, 0.15) is 41.2 Å². The molecule has 0 saturated carbocycles. The van der Waals surface area contributed by atoms with Crippen molar-refractivity contribution in [3.8, 4) is 0 Å². The highest BCUT2D eigenvalue weighted by Crippen LogP contribution is 2.16. The number of nitrogens with zero attached hydrogens (tertiary/aromatic N) is 2. The minimum Gasteiger partial charge on any atom is -0.273 e. The molecule has 0 spiro atoms. The summed E-state index contributed by atoms with van der Waals surface area (Å²) in [6.45, 7) is 8.92. The second-order valence-corrected chi connectivity index (χ2v) is 7.24. The second-order valence-electron chi connectivity index (χ2n) is 6.38. The van der Waals surface area contributed by atoms with E-state index in [1.807, 2.05) is 24.6 Å². The van der Waals surface area contributed by atoms with Gasteiger partial charge in [-0.3, -0.25) is 25.1 Å². The third kappa shape index (κ3) is 4.92. The van der Waals surface area contributed by atoms with E-state index in [9.17, 15) is 9.59 Å². The van der Waals surface area contributed by atoms with Crippen LogP contribution in [-0.4, -0.2) is 21.6 Å². The average Bonchev–Trinajstić information content (AvgIpc) is 2.80. The number of amides is 2. The second kappa shape index (κ2) is 8.29. The van der Waals surface area contributed by atoms with Crippen LogP contribution in [-0.2, 0) is 17.8 Å². The van der Waals surface area contributed by atoms with Crippen LogP contribution in [0.2, 0.25) is 0 Å². The number of aryl methyl sites for hydroxylation is 1. The predicted molar refractivity (Wildman–Crippen MR) is 100.0 cm³/mol. The average molecular weight is 407 g/mol. The zero-order chi connectivity index (χ0) is 18.6. The van der Waals surface area contributed by atoms with Crippen molar-refractivity contribution in [3.63, 3.8) is 0 Å². The number of hydrazine groups is 1. The molecule has 0 fully saturated rings. The largest absolute Gasteiger partial charge is 0.273 e. The standard InChI is InChI=1S/C18H23BrN4O2/c1-11(2)10-23-13(4)15(12(3)22-23)9-17(24)20-21-18(25)14-7-5-6-8-16(14)19/h5-8,11H,9-10H2,1-4H3,(H,20,24)(H,21,25). The maximum absolute atomic E-state index is 12.2. The lowest BCUT2D eigenvalue weighted by Crippen LogP contribution is -2.42. The molecule has 1 aromatic carbocycles. The number of carbonyl (C=O) groups excluding carboxylic acids is 2. The van der Waals surface area contributed by atoms with Crippen molar-refractivity contribution < 1.29 is 9.59 Å². The molecular weight excluding hydrogens is 384 g/mol. The fourth-order valence-electron chi connectivity index (χ4n) is 2.56. The van der Waals surface area contributed by atoms with Gasteiger partial charge in [0.25, 0.3) is 5.91 Å². The molecule has 6 nitrogen and oxygen atoms in total. The normalized spacial score (nSPS) is 10.8. The fourth-order valence-corrected chi connectivity index (χ4v) is 3.02. The van der Waals surface area contributed by atoms with Gasteiger partial charge in [0.1, 0.15) is 0 Å². The monoisotopic (exact) mass is 406 g/mol. The molecule has 0 aliphatic heterocycles. The maximum Gasteiger partial charge on any atom is 0.270 e. The van der Waals surface area contributed by atoms with E-state index < -0.39 is 0 Å². The highest BCUT2D eigenvalue weighted by molar-refractivity contribution is 9.10. The molecule has 2 rings (SSSR count). The van der Waals surface area contributed by atoms with Gasteiger partial charge in [0.05, 0.1) is 17.7 Å². The van der Waals surface area contributed by atoms with Gasteiger partial charge in [-0.1, -0.05) is 26.0 Å². The van der Waals surface area contributed by atoms with Gasteiger partial charge in [-0.05, 0) is 47.8 Å². The molecule has 0 aliphatic carbocycles. The molecule has 0 bridgehead atoms. The third-order valence-corrected chi connectivity index (χ3v) is 4.53. The van der Waals surface area contributed by atoms with E-state index in [0.717, 1.165) is 23.5 Å². The number of carbonyl (C=O) groups is 2. The van der Waals surface area contributed by atoms with Crippen molar-refractivity contribution in [1.29, 1.82) is 0 Å². The Labute approximate surface area is 156 Å². The van der Waals surface area contributed by atoms with Crippen molar-refractivity contribution in [2.75, 3.05) is 0 Å². The smallest absolute Gasteiger partial charge is 0.270 e. The molecule has 7 heteroatoms. The van der Waals surface area contributed by atoms with Crippen LogP contribution in [0.25, 0.3) is 0 Å². The van der Waals surface area contributed by atoms with Crippen molar-refractivity contribution >= 4 is 27.7 Å². The van der Waals surface area contributed by atoms with Crippen molar-refractivity contribution in [2.24, 2.45) is 5.92 Å². The first-order valence-corrected chi connectivity index (χ1v) is 8.95. The van der Waals surface area contributed by atoms with Crippen LogP contribution >= 0.6 is 15.9 Å². The first-order valence-electron chi connectivity index (χ1n) is 8.16. The Hall–Kier alpha value is -2.15. The van der Waals surface area contributed by atoms with Gasteiger partial charge in [-0.2, -0.15) is 5.10 Å². The lowest BCUT2D eigenvalue weighted by atomic mass is 10.1. The van der Waals surface area contributed by atoms with E-state index in [4.69, 9.17) is 0 Å². The van der Waals surface area contributed by atoms with E-state index >= 15 is 0 Å². The van der Waals surface area contributed by atoms with Crippen LogP contribution in [0.3, 0.4) is 0 Å². The van der Waals surface area contributed by atoms with Crippen molar-refractivity contribution in [2.45, 2.75) is 40.7 Å². The highest BCUT2D eigenvalue weighted by Gasteiger charge is 2.16. The first kappa shape index (κ1) is 19.2. The quantitative estimate of drug-likeness (QED) is 0.749. The zero-order valence-corrected chi connectivity index (χ0v) is 16.5. The number of hydrogen-bond donors (Lipinski definition) is 2. The van der Waals surface area contributed by atoms with E-state index in [0.29, 0.717) is 16.0 Å². The number of benzene rings is 1. The van der Waals surface area contributed by atoms with E-state index in [2.05, 4.69) is 45.7 Å². The number of rotatable bonds is 5. The van der Waals surface area contributed by atoms with E-state index in [1.54, 1.807) is 18.2 Å². The van der Waals surface area contributed by atoms with Gasteiger partial charge in [-0.15, -0.1) is 0 Å². The zero-order valence-electron chi connectivity index (χ0n) is 14.9. The van der Waals surface area contributed by atoms with Gasteiger partial charge >= 0.3 is 0 Å². The van der Waals surface area contributed by atoms with Gasteiger partial charge in [0.2, 0.25) is 5.91 Å². The Balaban J connectivity index is 1.98. The Kier molecular flexibility index (Phi) is 6.36. The Morgan fingerprint density at radius 2 is 1.88 bits per heavy atom. The van der Waals surface area contributed by atoms with Crippen LogP contribution in [0.5, 0.6) is 0 Å². The molecule has 2 amide bonds. The van der Waals surface area contributed by atoms with Gasteiger partial charge in [-0.25, -0.2) is 0 Å². The summed E-state index contributed by atoms with van der Waals surface area (Å²) in [5, 5.41) is 4.50. The molecule has 0 saturated heterocycles. The molecule has 1 heterocycles. The van der Waals surface area contributed by atoms with Crippen LogP contribution in [0.15, 0.2) is 28.7 Å². The minimum atomic E-state index is -0.371. The molecule has 0 radical (unpaired) electrons. The Bertz CT molecular complexity index is 783. The Morgan fingerprint density at radius 1 is 1.20 bits per heavy atom. The summed E-state index contributed by atoms with van der Waals surface area (Å²) in [5.74, 6) is -0.177. The third-order valence-electron chi connectivity index (χ3n) is 3.84. The number of aromatic nitrogens is 2. The predicted octanol–water partition coefficient (Wildman–Crippen LogP) is 2.92. The molecule has 2 N–H and O–H groups in total. The lowest BCUT2D eigenvalue weighted by Gasteiger charge is -2.10. The summed E-state index contributed by atoms with van der Waals surface area (Å²) in [6.07, 6.45) is 0.173. The van der Waals surface area contributed by atoms with Crippen LogP contribution < -0.4 is 10.9 Å². The molecular formula is C18H23BrN4O2. The molecule has 2 aromatic rings. The van der Waals surface area contributed by atoms with Crippen LogP contribution in [0.4, 0.5) is 0 Å². The number of hydrogen-bond acceptors (Lipinski definition) is 3. The van der Waals surface area contributed by atoms with E-state index in [-0.39, 0.29) is 18.2 Å². The molecule has 0 aliphatic rings. The Morgan fingerprint density at radius 3 is 2.52 bits per heavy atom. The van der Waals surface area contributed by atoms with Gasteiger partial charge in [0, 0.05) is 22.3 Å².